The van der Waals surface area contributed by atoms with E-state index >= 15 is 0 Å². The second kappa shape index (κ2) is 9.27. The van der Waals surface area contributed by atoms with Gasteiger partial charge in [0.05, 0.1) is 25.8 Å². The maximum absolute atomic E-state index is 11.7. The van der Waals surface area contributed by atoms with Crippen molar-refractivity contribution in [1.29, 1.82) is 0 Å². The highest BCUT2D eigenvalue weighted by Gasteiger charge is 2.16. The second-order valence-electron chi connectivity index (χ2n) is 5.90. The molecule has 0 spiro atoms. The van der Waals surface area contributed by atoms with E-state index in [1.165, 1.54) is 0 Å². The van der Waals surface area contributed by atoms with Gasteiger partial charge in [-0.25, -0.2) is 0 Å². The van der Waals surface area contributed by atoms with E-state index in [1.807, 2.05) is 35.2 Å². The summed E-state index contributed by atoms with van der Waals surface area (Å²) in [6.07, 6.45) is 1.86. The molecule has 0 saturated heterocycles. The van der Waals surface area contributed by atoms with Gasteiger partial charge in [-0.3, -0.25) is 4.79 Å². The number of hydrogen-bond donors (Lipinski definition) is 1. The first-order chi connectivity index (χ1) is 13.2. The van der Waals surface area contributed by atoms with Crippen LogP contribution in [0.4, 0.5) is 0 Å². The highest BCUT2D eigenvalue weighted by molar-refractivity contribution is 7.80. The number of carbonyl (C=O) groups excluding carboxylic acids is 1. The molecule has 0 saturated carbocycles. The van der Waals surface area contributed by atoms with Crippen molar-refractivity contribution in [2.45, 2.75) is 26.4 Å². The third-order valence-corrected chi connectivity index (χ3v) is 4.39. The van der Waals surface area contributed by atoms with Gasteiger partial charge in [-0.1, -0.05) is 6.07 Å². The molecular formula is C19H22N2O5S. The highest BCUT2D eigenvalue weighted by Crippen LogP contribution is 2.32. The molecule has 0 fully saturated rings. The van der Waals surface area contributed by atoms with Gasteiger partial charge in [-0.15, -0.1) is 0 Å². The van der Waals surface area contributed by atoms with Crippen LogP contribution in [0.5, 0.6) is 11.5 Å². The smallest absolute Gasteiger partial charge is 0.307 e. The second-order valence-corrected chi connectivity index (χ2v) is 6.29. The number of benzene rings is 1. The van der Waals surface area contributed by atoms with Crippen LogP contribution in [0, 0.1) is 0 Å². The first-order valence-corrected chi connectivity index (χ1v) is 9.16. The SMILES string of the molecule is CCOC(=O)CCN(Cc1ccco1)C(=S)NCc1ccc2c(c1)OCO2. The lowest BCUT2D eigenvalue weighted by Crippen LogP contribution is -2.40. The molecular weight excluding hydrogens is 368 g/mol. The molecule has 1 aromatic heterocycles. The van der Waals surface area contributed by atoms with Gasteiger partial charge in [0, 0.05) is 13.1 Å². The third kappa shape index (κ3) is 5.37. The van der Waals surface area contributed by atoms with Crippen LogP contribution in [0.2, 0.25) is 0 Å². The van der Waals surface area contributed by atoms with Gasteiger partial charge in [0.2, 0.25) is 6.79 Å². The van der Waals surface area contributed by atoms with E-state index in [2.05, 4.69) is 5.32 Å². The van der Waals surface area contributed by atoms with Gasteiger partial charge >= 0.3 is 5.97 Å². The summed E-state index contributed by atoms with van der Waals surface area (Å²) in [5.41, 5.74) is 1.02. The number of esters is 1. The predicted octanol–water partition coefficient (Wildman–Crippen LogP) is 2.84. The molecule has 7 nitrogen and oxygen atoms in total. The van der Waals surface area contributed by atoms with Crippen molar-refractivity contribution in [3.05, 3.63) is 47.9 Å². The summed E-state index contributed by atoms with van der Waals surface area (Å²) in [6.45, 7) is 3.84. The molecule has 1 N–H and O–H groups in total. The summed E-state index contributed by atoms with van der Waals surface area (Å²) in [4.78, 5) is 13.6. The topological polar surface area (TPSA) is 73.2 Å². The fraction of sp³-hybridized carbons (Fsp3) is 0.368. The summed E-state index contributed by atoms with van der Waals surface area (Å²) >= 11 is 5.53. The van der Waals surface area contributed by atoms with Crippen molar-refractivity contribution < 1.29 is 23.4 Å². The minimum Gasteiger partial charge on any atom is -0.467 e. The molecule has 1 aliphatic heterocycles. The normalized spacial score (nSPS) is 11.9. The van der Waals surface area contributed by atoms with Crippen molar-refractivity contribution in [3.63, 3.8) is 0 Å². The summed E-state index contributed by atoms with van der Waals surface area (Å²) < 4.78 is 21.1. The molecule has 1 aliphatic rings. The Kier molecular flexibility index (Phi) is 6.54. The number of carbonyl (C=O) groups is 1. The number of ether oxygens (including phenoxy) is 3. The van der Waals surface area contributed by atoms with Crippen molar-refractivity contribution in [2.75, 3.05) is 19.9 Å². The Morgan fingerprint density at radius 1 is 1.30 bits per heavy atom. The van der Waals surface area contributed by atoms with Crippen LogP contribution >= 0.6 is 12.2 Å². The van der Waals surface area contributed by atoms with Gasteiger partial charge in [0.1, 0.15) is 5.76 Å². The van der Waals surface area contributed by atoms with Crippen LogP contribution in [0.3, 0.4) is 0 Å². The number of furan rings is 1. The zero-order valence-corrected chi connectivity index (χ0v) is 15.9. The van der Waals surface area contributed by atoms with Gasteiger partial charge in [0.25, 0.3) is 0 Å². The molecule has 8 heteroatoms. The predicted molar refractivity (Wildman–Crippen MR) is 102 cm³/mol. The zero-order chi connectivity index (χ0) is 19.1. The third-order valence-electron chi connectivity index (χ3n) is 3.99. The minimum absolute atomic E-state index is 0.245. The van der Waals surface area contributed by atoms with E-state index in [9.17, 15) is 4.79 Å². The lowest BCUT2D eigenvalue weighted by Gasteiger charge is -2.24. The number of rotatable bonds is 8. The van der Waals surface area contributed by atoms with Gasteiger partial charge < -0.3 is 28.8 Å². The zero-order valence-electron chi connectivity index (χ0n) is 15.1. The summed E-state index contributed by atoms with van der Waals surface area (Å²) in [6, 6.07) is 9.45. The van der Waals surface area contributed by atoms with Crippen LogP contribution < -0.4 is 14.8 Å². The Morgan fingerprint density at radius 3 is 2.93 bits per heavy atom. The molecule has 0 bridgehead atoms. The first kappa shape index (κ1) is 19.0. The lowest BCUT2D eigenvalue weighted by molar-refractivity contribution is -0.143. The molecule has 2 aromatic rings. The van der Waals surface area contributed by atoms with Crippen LogP contribution in [0.15, 0.2) is 41.0 Å². The van der Waals surface area contributed by atoms with Crippen molar-refractivity contribution in [3.8, 4) is 11.5 Å². The monoisotopic (exact) mass is 390 g/mol. The van der Waals surface area contributed by atoms with Gasteiger partial charge in [-0.2, -0.15) is 0 Å². The molecule has 27 heavy (non-hydrogen) atoms. The Labute approximate surface area is 163 Å². The van der Waals surface area contributed by atoms with E-state index < -0.39 is 0 Å². The number of hydrogen-bond acceptors (Lipinski definition) is 6. The Hall–Kier alpha value is -2.74. The van der Waals surface area contributed by atoms with Crippen LogP contribution in [-0.4, -0.2) is 35.9 Å². The van der Waals surface area contributed by atoms with Crippen LogP contribution in [0.1, 0.15) is 24.7 Å². The Morgan fingerprint density at radius 2 is 2.15 bits per heavy atom. The molecule has 0 radical (unpaired) electrons. The van der Waals surface area contributed by atoms with E-state index in [1.54, 1.807) is 13.2 Å². The van der Waals surface area contributed by atoms with Crippen LogP contribution in [0.25, 0.3) is 0 Å². The average Bonchev–Trinajstić information content (AvgIpc) is 3.34. The molecule has 0 amide bonds. The van der Waals surface area contributed by atoms with Crippen molar-refractivity contribution in [2.24, 2.45) is 0 Å². The summed E-state index contributed by atoms with van der Waals surface area (Å²) in [5.74, 6) is 2.00. The standard InChI is InChI=1S/C19H22N2O5S/c1-2-23-18(22)7-8-21(12-15-4-3-9-24-15)19(27)20-11-14-5-6-16-17(10-14)26-13-25-16/h3-6,9-10H,2,7-8,11-13H2,1H3,(H,20,27). The van der Waals surface area contributed by atoms with E-state index in [0.29, 0.717) is 31.4 Å². The molecule has 0 aliphatic carbocycles. The van der Waals surface area contributed by atoms with Crippen LogP contribution in [-0.2, 0) is 22.6 Å². The Balaban J connectivity index is 1.58. The van der Waals surface area contributed by atoms with E-state index in [0.717, 1.165) is 22.8 Å². The summed E-state index contributed by atoms with van der Waals surface area (Å²) in [7, 11) is 0. The number of fused-ring (bicyclic) bond motifs is 1. The lowest BCUT2D eigenvalue weighted by atomic mass is 10.2. The van der Waals surface area contributed by atoms with Crippen molar-refractivity contribution in [1.82, 2.24) is 10.2 Å². The minimum atomic E-state index is -0.250. The maximum Gasteiger partial charge on any atom is 0.307 e. The largest absolute Gasteiger partial charge is 0.467 e. The average molecular weight is 390 g/mol. The number of nitrogens with one attached hydrogen (secondary N) is 1. The molecule has 1 aromatic carbocycles. The highest BCUT2D eigenvalue weighted by atomic mass is 32.1. The first-order valence-electron chi connectivity index (χ1n) is 8.75. The molecule has 3 rings (SSSR count). The quantitative estimate of drug-likeness (QED) is 0.545. The fourth-order valence-electron chi connectivity index (χ4n) is 2.64. The molecule has 0 atom stereocenters. The molecule has 0 unspecified atom stereocenters. The Bertz CT molecular complexity index is 778. The number of thiocarbonyl (C=S) groups is 1. The fourth-order valence-corrected chi connectivity index (χ4v) is 2.87. The molecule has 2 heterocycles. The van der Waals surface area contributed by atoms with Gasteiger partial charge in [0.15, 0.2) is 16.6 Å². The molecule has 144 valence electrons. The van der Waals surface area contributed by atoms with E-state index in [-0.39, 0.29) is 19.2 Å². The van der Waals surface area contributed by atoms with Gasteiger partial charge in [-0.05, 0) is 49.0 Å². The maximum atomic E-state index is 11.7. The summed E-state index contributed by atoms with van der Waals surface area (Å²) in [5, 5.41) is 3.76. The van der Waals surface area contributed by atoms with Crippen molar-refractivity contribution >= 4 is 23.3 Å². The number of nitrogens with zero attached hydrogens (tertiary/aromatic N) is 1. The van der Waals surface area contributed by atoms with E-state index in [4.69, 9.17) is 30.8 Å².